The number of thiophene rings is 2. The van der Waals surface area contributed by atoms with Crippen LogP contribution in [0.1, 0.15) is 106 Å². The Morgan fingerprint density at radius 2 is 1.03 bits per heavy atom. The third-order valence-electron chi connectivity index (χ3n) is 7.19. The fourth-order valence-corrected chi connectivity index (χ4v) is 7.83. The topological polar surface area (TPSA) is 111 Å². The smallest absolute Gasteiger partial charge is 0.341 e. The lowest BCUT2D eigenvalue weighted by Gasteiger charge is -2.08. The average Bonchev–Trinajstić information content (AvgIpc) is 3.18. The van der Waals surface area contributed by atoms with Gasteiger partial charge in [-0.2, -0.15) is 0 Å². The number of rotatable bonds is 9. The summed E-state index contributed by atoms with van der Waals surface area (Å²) in [6.07, 6.45) is 11.5. The van der Waals surface area contributed by atoms with Gasteiger partial charge in [0.2, 0.25) is 11.8 Å². The number of amides is 2. The molecule has 0 aromatic carbocycles. The summed E-state index contributed by atoms with van der Waals surface area (Å²) in [5.41, 5.74) is 3.03. The van der Waals surface area contributed by atoms with Crippen LogP contribution < -0.4 is 10.6 Å². The first-order valence-corrected chi connectivity index (χ1v) is 15.1. The van der Waals surface area contributed by atoms with Crippen LogP contribution in [0.25, 0.3) is 0 Å². The Morgan fingerprint density at radius 1 is 0.632 bits per heavy atom. The monoisotopic (exact) mass is 560 g/mol. The number of aryl methyl sites for hydroxylation is 2. The van der Waals surface area contributed by atoms with Crippen molar-refractivity contribution < 1.29 is 28.7 Å². The van der Waals surface area contributed by atoms with E-state index in [4.69, 9.17) is 9.47 Å². The summed E-state index contributed by atoms with van der Waals surface area (Å²) < 4.78 is 10.0. The Labute approximate surface area is 231 Å². The molecule has 2 amide bonds. The molecule has 0 atom stereocenters. The zero-order valence-electron chi connectivity index (χ0n) is 22.2. The van der Waals surface area contributed by atoms with E-state index in [1.54, 1.807) is 0 Å². The first-order valence-electron chi connectivity index (χ1n) is 13.5. The Balaban J connectivity index is 1.30. The van der Waals surface area contributed by atoms with Crippen molar-refractivity contribution in [3.8, 4) is 0 Å². The molecule has 0 bridgehead atoms. The van der Waals surface area contributed by atoms with Crippen molar-refractivity contribution in [1.82, 2.24) is 0 Å². The van der Waals surface area contributed by atoms with Crippen LogP contribution in [0.5, 0.6) is 0 Å². The highest BCUT2D eigenvalue weighted by Gasteiger charge is 2.27. The van der Waals surface area contributed by atoms with Gasteiger partial charge in [-0.15, -0.1) is 22.7 Å². The number of anilines is 2. The highest BCUT2D eigenvalue weighted by Crippen LogP contribution is 2.39. The number of carbonyl (C=O) groups is 4. The number of hydrogen-bond donors (Lipinski definition) is 2. The number of carbonyl (C=O) groups excluding carboxylic acids is 4. The molecule has 38 heavy (non-hydrogen) atoms. The summed E-state index contributed by atoms with van der Waals surface area (Å²) in [5.74, 6) is -1.17. The van der Waals surface area contributed by atoms with E-state index in [9.17, 15) is 19.2 Å². The second kappa shape index (κ2) is 13.4. The van der Waals surface area contributed by atoms with Crippen LogP contribution in [-0.4, -0.2) is 38.0 Å². The van der Waals surface area contributed by atoms with E-state index in [-0.39, 0.29) is 24.7 Å². The molecule has 0 unspecified atom stereocenters. The van der Waals surface area contributed by atoms with Gasteiger partial charge in [0, 0.05) is 22.6 Å². The minimum Gasteiger partial charge on any atom is -0.465 e. The van der Waals surface area contributed by atoms with Gasteiger partial charge >= 0.3 is 11.9 Å². The average molecular weight is 561 g/mol. The molecule has 0 aliphatic heterocycles. The Kier molecular flexibility index (Phi) is 9.96. The fraction of sp³-hybridized carbons (Fsp3) is 0.571. The predicted octanol–water partition coefficient (Wildman–Crippen LogP) is 6.06. The van der Waals surface area contributed by atoms with E-state index in [0.717, 1.165) is 85.1 Å². The van der Waals surface area contributed by atoms with Crippen LogP contribution in [0.4, 0.5) is 10.0 Å². The summed E-state index contributed by atoms with van der Waals surface area (Å²) in [6, 6.07) is 0. The molecular formula is C28H36N2O6S2. The quantitative estimate of drug-likeness (QED) is 0.219. The molecule has 0 saturated heterocycles. The normalized spacial score (nSPS) is 14.9. The van der Waals surface area contributed by atoms with Gasteiger partial charge in [-0.05, 0) is 75.3 Å². The summed E-state index contributed by atoms with van der Waals surface area (Å²) >= 11 is 2.95. The number of methoxy groups -OCH3 is 2. The van der Waals surface area contributed by atoms with Gasteiger partial charge in [-0.3, -0.25) is 9.59 Å². The zero-order chi connectivity index (χ0) is 27.1. The van der Waals surface area contributed by atoms with E-state index in [2.05, 4.69) is 10.6 Å². The number of nitrogens with one attached hydrogen (secondary N) is 2. The molecule has 4 rings (SSSR count). The second-order valence-electron chi connectivity index (χ2n) is 9.82. The molecule has 2 aliphatic carbocycles. The lowest BCUT2D eigenvalue weighted by molar-refractivity contribution is -0.118. The van der Waals surface area contributed by atoms with Crippen molar-refractivity contribution in [1.29, 1.82) is 0 Å². The lowest BCUT2D eigenvalue weighted by atomic mass is 10.1. The molecule has 2 heterocycles. The molecule has 2 aromatic heterocycles. The van der Waals surface area contributed by atoms with Gasteiger partial charge in [-0.1, -0.05) is 12.8 Å². The molecule has 0 spiro atoms. The van der Waals surface area contributed by atoms with Crippen molar-refractivity contribution in [3.05, 3.63) is 32.0 Å². The van der Waals surface area contributed by atoms with Crippen LogP contribution in [0, 0.1) is 0 Å². The minimum absolute atomic E-state index is 0.179. The highest BCUT2D eigenvalue weighted by molar-refractivity contribution is 7.17. The molecule has 2 aliphatic rings. The first kappa shape index (κ1) is 28.3. The van der Waals surface area contributed by atoms with Crippen LogP contribution >= 0.6 is 22.7 Å². The number of ether oxygens (including phenoxy) is 2. The Hall–Kier alpha value is -2.72. The standard InChI is InChI=1S/C28H36N2O6S2/c1-35-27(33)23-17-11-5-3-7-13-19(17)37-25(23)29-21(31)15-9-10-16-22(32)30-26-24(28(34)36-2)18-12-6-4-8-14-20(18)38-26/h3-16H2,1-2H3,(H,29,31)(H,30,32). The minimum atomic E-state index is -0.409. The largest absolute Gasteiger partial charge is 0.465 e. The maximum atomic E-state index is 12.7. The van der Waals surface area contributed by atoms with Crippen LogP contribution in [0.2, 0.25) is 0 Å². The van der Waals surface area contributed by atoms with Crippen LogP contribution in [-0.2, 0) is 44.7 Å². The van der Waals surface area contributed by atoms with E-state index in [1.807, 2.05) is 0 Å². The molecule has 0 saturated carbocycles. The molecule has 0 fully saturated rings. The van der Waals surface area contributed by atoms with E-state index < -0.39 is 11.9 Å². The summed E-state index contributed by atoms with van der Waals surface area (Å²) in [7, 11) is 2.72. The van der Waals surface area contributed by atoms with Crippen molar-refractivity contribution >= 4 is 56.4 Å². The van der Waals surface area contributed by atoms with Crippen molar-refractivity contribution in [2.24, 2.45) is 0 Å². The molecule has 2 aromatic rings. The van der Waals surface area contributed by atoms with Gasteiger partial charge in [0.15, 0.2) is 0 Å². The maximum absolute atomic E-state index is 12.7. The predicted molar refractivity (Wildman–Crippen MR) is 150 cm³/mol. The number of unbranched alkanes of at least 4 members (excludes halogenated alkanes) is 1. The molecular weight excluding hydrogens is 524 g/mol. The van der Waals surface area contributed by atoms with Gasteiger partial charge < -0.3 is 20.1 Å². The first-order chi connectivity index (χ1) is 18.4. The van der Waals surface area contributed by atoms with Crippen molar-refractivity contribution in [3.63, 3.8) is 0 Å². The second-order valence-corrected chi connectivity index (χ2v) is 12.0. The molecule has 8 nitrogen and oxygen atoms in total. The Bertz CT molecular complexity index is 1110. The van der Waals surface area contributed by atoms with Crippen LogP contribution in [0.15, 0.2) is 0 Å². The molecule has 10 heteroatoms. The van der Waals surface area contributed by atoms with E-state index >= 15 is 0 Å². The van der Waals surface area contributed by atoms with E-state index in [1.165, 1.54) is 36.9 Å². The third-order valence-corrected chi connectivity index (χ3v) is 9.60. The van der Waals surface area contributed by atoms with Gasteiger partial charge in [0.25, 0.3) is 0 Å². The SMILES string of the molecule is COC(=O)c1c(NC(=O)CCCCC(=O)Nc2sc3c(c2C(=O)OC)CCCCC3)sc2c1CCCCC2. The summed E-state index contributed by atoms with van der Waals surface area (Å²) in [6.45, 7) is 0. The van der Waals surface area contributed by atoms with Crippen molar-refractivity contribution in [2.75, 3.05) is 24.9 Å². The van der Waals surface area contributed by atoms with Crippen molar-refractivity contribution in [2.45, 2.75) is 89.9 Å². The highest BCUT2D eigenvalue weighted by atomic mass is 32.1. The summed E-state index contributed by atoms with van der Waals surface area (Å²) in [4.78, 5) is 52.6. The summed E-state index contributed by atoms with van der Waals surface area (Å²) in [5, 5.41) is 6.98. The van der Waals surface area contributed by atoms with Gasteiger partial charge in [-0.25, -0.2) is 9.59 Å². The Morgan fingerprint density at radius 3 is 1.42 bits per heavy atom. The fourth-order valence-electron chi connectivity index (χ4n) is 5.25. The number of esters is 2. The molecule has 2 N–H and O–H groups in total. The third kappa shape index (κ3) is 6.64. The van der Waals surface area contributed by atoms with E-state index in [0.29, 0.717) is 34.0 Å². The number of fused-ring (bicyclic) bond motifs is 2. The maximum Gasteiger partial charge on any atom is 0.341 e. The molecule has 0 radical (unpaired) electrons. The van der Waals surface area contributed by atoms with Crippen LogP contribution in [0.3, 0.4) is 0 Å². The van der Waals surface area contributed by atoms with Gasteiger partial charge in [0.1, 0.15) is 10.0 Å². The zero-order valence-corrected chi connectivity index (χ0v) is 23.8. The molecule has 206 valence electrons. The number of hydrogen-bond acceptors (Lipinski definition) is 8. The lowest BCUT2D eigenvalue weighted by Crippen LogP contribution is -2.16. The van der Waals surface area contributed by atoms with Gasteiger partial charge in [0.05, 0.1) is 25.3 Å².